The Morgan fingerprint density at radius 1 is 1.09 bits per heavy atom. The summed E-state index contributed by atoms with van der Waals surface area (Å²) in [6.45, 7) is 3.64. The first kappa shape index (κ1) is 21.4. The van der Waals surface area contributed by atoms with Gasteiger partial charge >= 0.3 is 6.36 Å². The van der Waals surface area contributed by atoms with Crippen LogP contribution in [0.3, 0.4) is 0 Å². The number of ether oxygens (including phenoxy) is 1. The highest BCUT2D eigenvalue weighted by atomic mass is 32.1. The van der Waals surface area contributed by atoms with Gasteiger partial charge in [0.25, 0.3) is 0 Å². The van der Waals surface area contributed by atoms with Crippen molar-refractivity contribution in [2.75, 3.05) is 23.3 Å². The summed E-state index contributed by atoms with van der Waals surface area (Å²) in [6.07, 6.45) is -1.09. The molecule has 8 nitrogen and oxygen atoms in total. The summed E-state index contributed by atoms with van der Waals surface area (Å²) in [6, 6.07) is 9.63. The molecule has 0 aliphatic carbocycles. The first-order valence-electron chi connectivity index (χ1n) is 10.4. The van der Waals surface area contributed by atoms with Gasteiger partial charge in [-0.2, -0.15) is 9.36 Å². The number of aromatic nitrogens is 5. The lowest BCUT2D eigenvalue weighted by Crippen LogP contribution is -2.39. The van der Waals surface area contributed by atoms with Crippen molar-refractivity contribution in [2.24, 2.45) is 0 Å². The molecule has 1 saturated heterocycles. The van der Waals surface area contributed by atoms with Gasteiger partial charge in [-0.15, -0.1) is 18.3 Å². The molecule has 1 aliphatic rings. The first-order valence-corrected chi connectivity index (χ1v) is 11.1. The molecule has 4 aromatic rings. The SMILES string of the molecule is Cc1nsc(N2CCC(Nc3nc4c(-c5ccc(OC(F)(F)F)cc5)cccn4n3)CC2)n1. The predicted molar refractivity (Wildman–Crippen MR) is 119 cm³/mol. The Bertz CT molecular complexity index is 1250. The molecule has 3 aromatic heterocycles. The topological polar surface area (TPSA) is 80.5 Å². The fourth-order valence-electron chi connectivity index (χ4n) is 3.84. The molecule has 1 N–H and O–H groups in total. The number of anilines is 2. The van der Waals surface area contributed by atoms with Gasteiger partial charge in [0.1, 0.15) is 11.6 Å². The Morgan fingerprint density at radius 2 is 1.85 bits per heavy atom. The van der Waals surface area contributed by atoms with Gasteiger partial charge in [0, 0.05) is 42.4 Å². The van der Waals surface area contributed by atoms with Crippen LogP contribution in [0.5, 0.6) is 5.75 Å². The van der Waals surface area contributed by atoms with E-state index in [0.717, 1.165) is 48.0 Å². The molecule has 172 valence electrons. The molecule has 1 aromatic carbocycles. The summed E-state index contributed by atoms with van der Waals surface area (Å²) in [5.41, 5.74) is 2.10. The molecule has 0 unspecified atom stereocenters. The normalized spacial score (nSPS) is 15.2. The largest absolute Gasteiger partial charge is 0.573 e. The van der Waals surface area contributed by atoms with Crippen LogP contribution in [0, 0.1) is 6.92 Å². The molecule has 0 radical (unpaired) electrons. The van der Waals surface area contributed by atoms with E-state index < -0.39 is 6.36 Å². The number of pyridine rings is 1. The van der Waals surface area contributed by atoms with Crippen LogP contribution in [0.2, 0.25) is 0 Å². The number of benzene rings is 1. The monoisotopic (exact) mass is 475 g/mol. The Morgan fingerprint density at radius 3 is 2.52 bits per heavy atom. The van der Waals surface area contributed by atoms with Gasteiger partial charge in [-0.05, 0) is 49.6 Å². The van der Waals surface area contributed by atoms with Gasteiger partial charge < -0.3 is 15.0 Å². The van der Waals surface area contributed by atoms with Gasteiger partial charge in [-0.1, -0.05) is 12.1 Å². The van der Waals surface area contributed by atoms with E-state index in [4.69, 9.17) is 0 Å². The smallest absolute Gasteiger partial charge is 0.406 e. The number of nitrogens with one attached hydrogen (secondary N) is 1. The number of hydrogen-bond acceptors (Lipinski definition) is 8. The zero-order valence-corrected chi connectivity index (χ0v) is 18.4. The minimum Gasteiger partial charge on any atom is -0.406 e. The third kappa shape index (κ3) is 4.85. The molecule has 0 spiro atoms. The van der Waals surface area contributed by atoms with E-state index in [1.54, 1.807) is 22.8 Å². The van der Waals surface area contributed by atoms with E-state index in [0.29, 0.717) is 11.6 Å². The zero-order chi connectivity index (χ0) is 23.0. The number of nitrogens with zero attached hydrogens (tertiary/aromatic N) is 6. The number of piperidine rings is 1. The lowest BCUT2D eigenvalue weighted by Gasteiger charge is -2.31. The second-order valence-corrected chi connectivity index (χ2v) is 8.46. The minimum atomic E-state index is -4.72. The van der Waals surface area contributed by atoms with Crippen molar-refractivity contribution < 1.29 is 17.9 Å². The number of fused-ring (bicyclic) bond motifs is 1. The molecule has 12 heteroatoms. The Kier molecular flexibility index (Phi) is 5.52. The molecule has 5 rings (SSSR count). The third-order valence-corrected chi connectivity index (χ3v) is 6.25. The van der Waals surface area contributed by atoms with E-state index in [2.05, 4.69) is 34.4 Å². The highest BCUT2D eigenvalue weighted by Crippen LogP contribution is 2.29. The maximum atomic E-state index is 12.4. The Labute approximate surface area is 191 Å². The van der Waals surface area contributed by atoms with Crippen LogP contribution in [-0.2, 0) is 0 Å². The Balaban J connectivity index is 1.29. The van der Waals surface area contributed by atoms with E-state index in [9.17, 15) is 13.2 Å². The van der Waals surface area contributed by atoms with Gasteiger partial charge in [0.15, 0.2) is 5.65 Å². The van der Waals surface area contributed by atoms with Crippen molar-refractivity contribution in [3.63, 3.8) is 0 Å². The summed E-state index contributed by atoms with van der Waals surface area (Å²) >= 11 is 1.42. The predicted octanol–water partition coefficient (Wildman–Crippen LogP) is 4.54. The fraction of sp³-hybridized carbons (Fsp3) is 0.333. The van der Waals surface area contributed by atoms with Crippen LogP contribution in [0.15, 0.2) is 42.6 Å². The average Bonchev–Trinajstić information content (AvgIpc) is 3.39. The van der Waals surface area contributed by atoms with Crippen LogP contribution in [0.25, 0.3) is 16.8 Å². The highest BCUT2D eigenvalue weighted by molar-refractivity contribution is 7.09. The van der Waals surface area contributed by atoms with Gasteiger partial charge in [-0.25, -0.2) is 9.50 Å². The van der Waals surface area contributed by atoms with Crippen molar-refractivity contribution in [3.8, 4) is 16.9 Å². The van der Waals surface area contributed by atoms with Crippen molar-refractivity contribution in [1.29, 1.82) is 0 Å². The quantitative estimate of drug-likeness (QED) is 0.454. The molecular formula is C21H20F3N7OS. The van der Waals surface area contributed by atoms with Crippen LogP contribution in [0.4, 0.5) is 24.3 Å². The summed E-state index contributed by atoms with van der Waals surface area (Å²) in [5.74, 6) is 1.05. The van der Waals surface area contributed by atoms with Gasteiger partial charge in [-0.3, -0.25) is 0 Å². The number of hydrogen-bond donors (Lipinski definition) is 1. The maximum Gasteiger partial charge on any atom is 0.573 e. The number of halogens is 3. The van der Waals surface area contributed by atoms with Crippen molar-refractivity contribution in [3.05, 3.63) is 48.4 Å². The van der Waals surface area contributed by atoms with Gasteiger partial charge in [0.2, 0.25) is 11.1 Å². The second kappa shape index (κ2) is 8.50. The Hall–Kier alpha value is -3.41. The molecule has 0 amide bonds. The van der Waals surface area contributed by atoms with E-state index in [1.807, 2.05) is 19.1 Å². The molecule has 1 aliphatic heterocycles. The average molecular weight is 476 g/mol. The number of rotatable bonds is 5. The molecule has 0 bridgehead atoms. The number of alkyl halides is 3. The lowest BCUT2D eigenvalue weighted by molar-refractivity contribution is -0.274. The third-order valence-electron chi connectivity index (χ3n) is 5.38. The van der Waals surface area contributed by atoms with Crippen molar-refractivity contribution in [2.45, 2.75) is 32.2 Å². The summed E-state index contributed by atoms with van der Waals surface area (Å²) in [5, 5.41) is 8.89. The van der Waals surface area contributed by atoms with Crippen LogP contribution in [0.1, 0.15) is 18.7 Å². The van der Waals surface area contributed by atoms with Crippen LogP contribution < -0.4 is 15.0 Å². The zero-order valence-electron chi connectivity index (χ0n) is 17.6. The molecule has 1 fully saturated rings. The van der Waals surface area contributed by atoms with E-state index in [-0.39, 0.29) is 11.8 Å². The summed E-state index contributed by atoms with van der Waals surface area (Å²) < 4.78 is 47.1. The highest BCUT2D eigenvalue weighted by Gasteiger charge is 2.31. The molecular weight excluding hydrogens is 455 g/mol. The molecule has 33 heavy (non-hydrogen) atoms. The molecule has 0 atom stereocenters. The summed E-state index contributed by atoms with van der Waals surface area (Å²) in [4.78, 5) is 11.3. The van der Waals surface area contributed by atoms with E-state index in [1.165, 1.54) is 23.7 Å². The number of aryl methyl sites for hydroxylation is 1. The fourth-order valence-corrected chi connectivity index (χ4v) is 4.57. The second-order valence-electron chi connectivity index (χ2n) is 7.73. The summed E-state index contributed by atoms with van der Waals surface area (Å²) in [7, 11) is 0. The maximum absolute atomic E-state index is 12.4. The van der Waals surface area contributed by atoms with Crippen LogP contribution >= 0.6 is 11.5 Å². The van der Waals surface area contributed by atoms with Crippen molar-refractivity contribution >= 4 is 28.3 Å². The van der Waals surface area contributed by atoms with Gasteiger partial charge in [0.05, 0.1) is 0 Å². The van der Waals surface area contributed by atoms with E-state index >= 15 is 0 Å². The minimum absolute atomic E-state index is 0.231. The van der Waals surface area contributed by atoms with Crippen LogP contribution in [-0.4, -0.2) is 49.4 Å². The molecule has 0 saturated carbocycles. The first-order chi connectivity index (χ1) is 15.8. The standard InChI is InChI=1S/C21H20F3N7OS/c1-13-25-20(33-29-13)30-11-8-15(9-12-30)26-19-27-18-17(3-2-10-31(18)28-19)14-4-6-16(7-5-14)32-21(22,23)24/h2-7,10,15H,8-9,11-12H2,1H3,(H,26,28). The molecule has 4 heterocycles. The van der Waals surface area contributed by atoms with Crippen molar-refractivity contribution in [1.82, 2.24) is 24.0 Å². The lowest BCUT2D eigenvalue weighted by atomic mass is 10.1.